The van der Waals surface area contributed by atoms with E-state index in [4.69, 9.17) is 5.26 Å². The Morgan fingerprint density at radius 3 is 2.43 bits per heavy atom. The molecular weight excluding hydrogens is 313 g/mol. The first kappa shape index (κ1) is 17.0. The van der Waals surface area contributed by atoms with Gasteiger partial charge in [-0.15, -0.1) is 0 Å². The van der Waals surface area contributed by atoms with Crippen LogP contribution in [0.15, 0.2) is 18.2 Å². The highest BCUT2D eigenvalue weighted by Gasteiger charge is 2.34. The van der Waals surface area contributed by atoms with Crippen molar-refractivity contribution in [2.75, 3.05) is 37.6 Å². The van der Waals surface area contributed by atoms with Gasteiger partial charge < -0.3 is 4.90 Å². The molecule has 0 atom stereocenters. The van der Waals surface area contributed by atoms with Crippen molar-refractivity contribution in [2.24, 2.45) is 0 Å². The predicted octanol–water partition coefficient (Wildman–Crippen LogP) is 2.65. The van der Waals surface area contributed by atoms with Gasteiger partial charge in [0.1, 0.15) is 5.69 Å². The fourth-order valence-electron chi connectivity index (χ4n) is 2.53. The third-order valence-corrected chi connectivity index (χ3v) is 3.75. The van der Waals surface area contributed by atoms with Gasteiger partial charge in [-0.1, -0.05) is 0 Å². The Morgan fingerprint density at radius 1 is 1.26 bits per heavy atom. The molecule has 2 rings (SSSR count). The summed E-state index contributed by atoms with van der Waals surface area (Å²) < 4.78 is 38.1. The molecule has 1 aromatic carbocycles. The number of nitrogens with zero attached hydrogens (tertiary/aromatic N) is 4. The van der Waals surface area contributed by atoms with Crippen molar-refractivity contribution >= 4 is 11.4 Å². The van der Waals surface area contributed by atoms with Crippen LogP contribution in [0.3, 0.4) is 0 Å². The van der Waals surface area contributed by atoms with E-state index in [9.17, 15) is 23.3 Å². The normalized spacial score (nSPS) is 16.2. The van der Waals surface area contributed by atoms with Crippen molar-refractivity contribution in [1.29, 1.82) is 5.26 Å². The largest absolute Gasteiger partial charge is 0.416 e. The maximum Gasteiger partial charge on any atom is 0.416 e. The summed E-state index contributed by atoms with van der Waals surface area (Å²) in [5.41, 5.74) is -1.37. The van der Waals surface area contributed by atoms with Crippen LogP contribution in [0.2, 0.25) is 0 Å². The zero-order valence-electron chi connectivity index (χ0n) is 12.2. The number of piperazine rings is 1. The Kier molecular flexibility index (Phi) is 5.05. The maximum absolute atomic E-state index is 12.7. The highest BCUT2D eigenvalue weighted by Crippen LogP contribution is 2.36. The number of nitro benzene ring substituents is 1. The molecule has 0 N–H and O–H groups in total. The number of hydrogen-bond donors (Lipinski definition) is 0. The molecule has 1 saturated heterocycles. The summed E-state index contributed by atoms with van der Waals surface area (Å²) in [6, 6.07) is 4.66. The smallest absolute Gasteiger partial charge is 0.363 e. The van der Waals surface area contributed by atoms with E-state index in [2.05, 4.69) is 11.0 Å². The Morgan fingerprint density at radius 2 is 1.91 bits per heavy atom. The van der Waals surface area contributed by atoms with Gasteiger partial charge in [0, 0.05) is 45.2 Å². The van der Waals surface area contributed by atoms with E-state index in [0.717, 1.165) is 12.1 Å². The van der Waals surface area contributed by atoms with Gasteiger partial charge in [0.05, 0.1) is 16.6 Å². The fraction of sp³-hybridized carbons (Fsp3) is 0.500. The third kappa shape index (κ3) is 4.10. The van der Waals surface area contributed by atoms with Crippen LogP contribution in [0, 0.1) is 21.4 Å². The second kappa shape index (κ2) is 6.83. The van der Waals surface area contributed by atoms with E-state index in [1.54, 1.807) is 4.90 Å². The molecule has 1 fully saturated rings. The van der Waals surface area contributed by atoms with Crippen LogP contribution in [-0.4, -0.2) is 42.5 Å². The lowest BCUT2D eigenvalue weighted by Crippen LogP contribution is -2.46. The summed E-state index contributed by atoms with van der Waals surface area (Å²) in [6.07, 6.45) is -4.21. The van der Waals surface area contributed by atoms with Crippen LogP contribution in [0.5, 0.6) is 0 Å². The molecule has 1 heterocycles. The van der Waals surface area contributed by atoms with Crippen molar-refractivity contribution in [2.45, 2.75) is 12.6 Å². The van der Waals surface area contributed by atoms with Gasteiger partial charge in [-0.25, -0.2) is 0 Å². The van der Waals surface area contributed by atoms with Gasteiger partial charge in [0.15, 0.2) is 0 Å². The molecule has 23 heavy (non-hydrogen) atoms. The number of halogens is 3. The van der Waals surface area contributed by atoms with Crippen LogP contribution in [0.25, 0.3) is 0 Å². The first-order valence-corrected chi connectivity index (χ1v) is 7.03. The molecule has 0 bridgehead atoms. The van der Waals surface area contributed by atoms with E-state index < -0.39 is 22.4 Å². The third-order valence-electron chi connectivity index (χ3n) is 3.75. The standard InChI is InChI=1S/C14H15F3N4O2/c15-14(16,17)11-2-3-12(13(10-11)21(22)23)20-8-6-19(7-9-20)5-1-4-18/h2-3,10H,1,5-9H2. The summed E-state index contributed by atoms with van der Waals surface area (Å²) in [6.45, 7) is 2.79. The molecule has 0 saturated carbocycles. The number of alkyl halides is 3. The minimum atomic E-state index is -4.61. The highest BCUT2D eigenvalue weighted by molar-refractivity contribution is 5.65. The SMILES string of the molecule is N#CCCN1CCN(c2ccc(C(F)(F)F)cc2[N+](=O)[O-])CC1. The monoisotopic (exact) mass is 328 g/mol. The van der Waals surface area contributed by atoms with Gasteiger partial charge in [-0.2, -0.15) is 18.4 Å². The molecular formula is C14H15F3N4O2. The molecule has 0 spiro atoms. The van der Waals surface area contributed by atoms with E-state index in [-0.39, 0.29) is 5.69 Å². The van der Waals surface area contributed by atoms with Crippen molar-refractivity contribution < 1.29 is 18.1 Å². The molecule has 0 amide bonds. The average molecular weight is 328 g/mol. The average Bonchev–Trinajstić information content (AvgIpc) is 2.52. The molecule has 0 unspecified atom stereocenters. The Hall–Kier alpha value is -2.34. The summed E-state index contributed by atoms with van der Waals surface area (Å²) in [5.74, 6) is 0. The van der Waals surface area contributed by atoms with E-state index >= 15 is 0 Å². The number of benzene rings is 1. The second-order valence-corrected chi connectivity index (χ2v) is 5.20. The lowest BCUT2D eigenvalue weighted by molar-refractivity contribution is -0.384. The minimum absolute atomic E-state index is 0.197. The van der Waals surface area contributed by atoms with Crippen LogP contribution in [0.1, 0.15) is 12.0 Å². The minimum Gasteiger partial charge on any atom is -0.363 e. The van der Waals surface area contributed by atoms with E-state index in [0.29, 0.717) is 45.2 Å². The molecule has 1 aliphatic rings. The van der Waals surface area contributed by atoms with Gasteiger partial charge in [0.25, 0.3) is 5.69 Å². The van der Waals surface area contributed by atoms with Crippen LogP contribution in [0.4, 0.5) is 24.5 Å². The summed E-state index contributed by atoms with van der Waals surface area (Å²) in [7, 11) is 0. The molecule has 0 radical (unpaired) electrons. The summed E-state index contributed by atoms with van der Waals surface area (Å²) >= 11 is 0. The number of hydrogen-bond acceptors (Lipinski definition) is 5. The van der Waals surface area contributed by atoms with Gasteiger partial charge in [0.2, 0.25) is 0 Å². The lowest BCUT2D eigenvalue weighted by atomic mass is 10.1. The maximum atomic E-state index is 12.7. The summed E-state index contributed by atoms with van der Waals surface area (Å²) in [5, 5.41) is 19.7. The Labute approximate surface area is 130 Å². The molecule has 1 aromatic rings. The molecule has 124 valence electrons. The van der Waals surface area contributed by atoms with E-state index in [1.165, 1.54) is 0 Å². The van der Waals surface area contributed by atoms with Crippen molar-refractivity contribution in [1.82, 2.24) is 4.90 Å². The van der Waals surface area contributed by atoms with Crippen LogP contribution < -0.4 is 4.90 Å². The quantitative estimate of drug-likeness (QED) is 0.627. The second-order valence-electron chi connectivity index (χ2n) is 5.20. The number of nitriles is 1. The van der Waals surface area contributed by atoms with Gasteiger partial charge in [-0.05, 0) is 12.1 Å². The number of nitro groups is 1. The highest BCUT2D eigenvalue weighted by atomic mass is 19.4. The lowest BCUT2D eigenvalue weighted by Gasteiger charge is -2.35. The summed E-state index contributed by atoms with van der Waals surface area (Å²) in [4.78, 5) is 14.1. The Balaban J connectivity index is 2.17. The zero-order valence-corrected chi connectivity index (χ0v) is 12.2. The van der Waals surface area contributed by atoms with Crippen molar-refractivity contribution in [3.05, 3.63) is 33.9 Å². The van der Waals surface area contributed by atoms with Crippen LogP contribution >= 0.6 is 0 Å². The zero-order chi connectivity index (χ0) is 17.0. The van der Waals surface area contributed by atoms with Crippen molar-refractivity contribution in [3.8, 4) is 6.07 Å². The predicted molar refractivity (Wildman–Crippen MR) is 77.0 cm³/mol. The molecule has 0 aliphatic carbocycles. The molecule has 9 heteroatoms. The number of rotatable bonds is 4. The van der Waals surface area contributed by atoms with E-state index in [1.807, 2.05) is 0 Å². The molecule has 6 nitrogen and oxygen atoms in total. The van der Waals surface area contributed by atoms with Crippen molar-refractivity contribution in [3.63, 3.8) is 0 Å². The molecule has 1 aliphatic heterocycles. The fourth-order valence-corrected chi connectivity index (χ4v) is 2.53. The Bertz CT molecular complexity index is 619. The van der Waals surface area contributed by atoms with Gasteiger partial charge in [-0.3, -0.25) is 15.0 Å². The van der Waals surface area contributed by atoms with Gasteiger partial charge >= 0.3 is 6.18 Å². The topological polar surface area (TPSA) is 73.4 Å². The first-order valence-electron chi connectivity index (χ1n) is 7.03. The molecule has 0 aromatic heterocycles. The number of anilines is 1. The first-order chi connectivity index (χ1) is 10.8. The van der Waals surface area contributed by atoms with Crippen LogP contribution in [-0.2, 0) is 6.18 Å².